The van der Waals surface area contributed by atoms with Crippen molar-refractivity contribution in [3.05, 3.63) is 35.5 Å². The predicted octanol–water partition coefficient (Wildman–Crippen LogP) is 1.35. The molecule has 9 nitrogen and oxygen atoms in total. The predicted molar refractivity (Wildman–Crippen MR) is 104 cm³/mol. The van der Waals surface area contributed by atoms with Gasteiger partial charge in [-0.25, -0.2) is 4.98 Å². The largest absolute Gasteiger partial charge is 0.492 e. The molecule has 0 unspecified atom stereocenters. The average molecular weight is 387 g/mol. The summed E-state index contributed by atoms with van der Waals surface area (Å²) in [6, 6.07) is 5.74. The van der Waals surface area contributed by atoms with Crippen LogP contribution in [0.5, 0.6) is 11.6 Å². The van der Waals surface area contributed by atoms with Crippen molar-refractivity contribution in [3.63, 3.8) is 0 Å². The van der Waals surface area contributed by atoms with E-state index in [0.717, 1.165) is 49.8 Å². The number of primary amides is 1. The van der Waals surface area contributed by atoms with Gasteiger partial charge in [-0.05, 0) is 30.7 Å². The molecule has 1 aliphatic heterocycles. The summed E-state index contributed by atoms with van der Waals surface area (Å²) in [5.41, 5.74) is 7.20. The van der Waals surface area contributed by atoms with Gasteiger partial charge in [0.25, 0.3) is 5.91 Å². The highest BCUT2D eigenvalue weighted by Crippen LogP contribution is 2.24. The molecule has 0 spiro atoms. The van der Waals surface area contributed by atoms with Crippen LogP contribution in [0, 0.1) is 6.92 Å². The molecule has 2 heterocycles. The van der Waals surface area contributed by atoms with Crippen LogP contribution < -0.4 is 20.5 Å². The number of rotatable bonds is 8. The van der Waals surface area contributed by atoms with E-state index in [9.17, 15) is 4.79 Å². The van der Waals surface area contributed by atoms with Gasteiger partial charge < -0.3 is 25.3 Å². The molecule has 0 atom stereocenters. The zero-order chi connectivity index (χ0) is 19.9. The minimum atomic E-state index is -0.641. The van der Waals surface area contributed by atoms with Crippen LogP contribution in [0.4, 0.5) is 11.6 Å². The van der Waals surface area contributed by atoms with Crippen molar-refractivity contribution in [3.8, 4) is 11.6 Å². The zero-order valence-corrected chi connectivity index (χ0v) is 16.1. The Kier molecular flexibility index (Phi) is 6.62. The monoisotopic (exact) mass is 387 g/mol. The Bertz CT molecular complexity index is 824. The molecule has 1 aromatic carbocycles. The van der Waals surface area contributed by atoms with Gasteiger partial charge in [-0.3, -0.25) is 9.69 Å². The van der Waals surface area contributed by atoms with Gasteiger partial charge in [0.15, 0.2) is 0 Å². The summed E-state index contributed by atoms with van der Waals surface area (Å²) >= 11 is 0. The number of carbonyl (C=O) groups is 1. The van der Waals surface area contributed by atoms with Crippen molar-refractivity contribution >= 4 is 17.5 Å². The fourth-order valence-electron chi connectivity index (χ4n) is 2.88. The van der Waals surface area contributed by atoms with Gasteiger partial charge in [-0.15, -0.1) is 0 Å². The van der Waals surface area contributed by atoms with Crippen LogP contribution in [-0.2, 0) is 4.74 Å². The Balaban J connectivity index is 1.60. The smallest absolute Gasteiger partial charge is 0.255 e. The molecule has 3 rings (SSSR count). The fraction of sp³-hybridized carbons (Fsp3) is 0.421. The lowest BCUT2D eigenvalue weighted by atomic mass is 10.2. The number of morpholine rings is 1. The first-order valence-electron chi connectivity index (χ1n) is 9.08. The van der Waals surface area contributed by atoms with Gasteiger partial charge >= 0.3 is 0 Å². The van der Waals surface area contributed by atoms with Gasteiger partial charge in [0.2, 0.25) is 11.8 Å². The van der Waals surface area contributed by atoms with Gasteiger partial charge in [0.05, 0.1) is 20.3 Å². The van der Waals surface area contributed by atoms with Crippen molar-refractivity contribution in [1.29, 1.82) is 0 Å². The van der Waals surface area contributed by atoms with Crippen LogP contribution in [0.3, 0.4) is 0 Å². The number of methoxy groups -OCH3 is 1. The lowest BCUT2D eigenvalue weighted by molar-refractivity contribution is 0.0322. The Morgan fingerprint density at radius 1 is 1.36 bits per heavy atom. The van der Waals surface area contributed by atoms with E-state index in [0.29, 0.717) is 12.6 Å². The summed E-state index contributed by atoms with van der Waals surface area (Å²) in [6.07, 6.45) is 1.34. The minimum absolute atomic E-state index is 0.129. The summed E-state index contributed by atoms with van der Waals surface area (Å²) in [5, 5.41) is 3.09. The van der Waals surface area contributed by atoms with Crippen molar-refractivity contribution in [2.75, 3.05) is 51.9 Å². The number of hydrogen-bond donors (Lipinski definition) is 2. The second-order valence-corrected chi connectivity index (χ2v) is 6.39. The van der Waals surface area contributed by atoms with Crippen LogP contribution in [-0.4, -0.2) is 67.3 Å². The lowest BCUT2D eigenvalue weighted by Gasteiger charge is -2.26. The maximum absolute atomic E-state index is 11.3. The van der Waals surface area contributed by atoms with Crippen LogP contribution in [0.25, 0.3) is 0 Å². The number of carbonyl (C=O) groups excluding carboxylic acids is 1. The molecule has 150 valence electrons. The van der Waals surface area contributed by atoms with Crippen molar-refractivity contribution in [2.24, 2.45) is 5.73 Å². The number of nitrogens with zero attached hydrogens (tertiary/aromatic N) is 3. The molecule has 0 bridgehead atoms. The Morgan fingerprint density at radius 3 is 2.82 bits per heavy atom. The van der Waals surface area contributed by atoms with Crippen LogP contribution in [0.2, 0.25) is 0 Å². The standard InChI is InChI=1S/C19H25N5O4/c1-13-11-14(22-19-21-12-15(17(20)25)18(23-19)26-2)3-4-16(13)28-10-7-24-5-8-27-9-6-24/h3-4,11-12H,5-10H2,1-2H3,(H2,20,25)(H,21,22,23). The number of amides is 1. The third-order valence-electron chi connectivity index (χ3n) is 4.41. The first kappa shape index (κ1) is 19.8. The molecular formula is C19H25N5O4. The van der Waals surface area contributed by atoms with Crippen molar-refractivity contribution < 1.29 is 19.0 Å². The van der Waals surface area contributed by atoms with Crippen LogP contribution in [0.15, 0.2) is 24.4 Å². The highest BCUT2D eigenvalue weighted by molar-refractivity contribution is 5.94. The number of aryl methyl sites for hydroxylation is 1. The topological polar surface area (TPSA) is 112 Å². The van der Waals surface area contributed by atoms with Crippen molar-refractivity contribution in [1.82, 2.24) is 14.9 Å². The molecule has 1 aromatic heterocycles. The minimum Gasteiger partial charge on any atom is -0.492 e. The van der Waals surface area contributed by atoms with E-state index >= 15 is 0 Å². The average Bonchev–Trinajstić information content (AvgIpc) is 2.70. The molecule has 0 radical (unpaired) electrons. The second kappa shape index (κ2) is 9.34. The third kappa shape index (κ3) is 5.08. The summed E-state index contributed by atoms with van der Waals surface area (Å²) in [7, 11) is 1.42. The molecule has 3 N–H and O–H groups in total. The molecular weight excluding hydrogens is 362 g/mol. The summed E-state index contributed by atoms with van der Waals surface area (Å²) in [6.45, 7) is 6.95. The summed E-state index contributed by atoms with van der Waals surface area (Å²) < 4.78 is 16.4. The molecule has 0 saturated carbocycles. The molecule has 0 aliphatic carbocycles. The number of aromatic nitrogens is 2. The highest BCUT2D eigenvalue weighted by Gasteiger charge is 2.13. The van der Waals surface area contributed by atoms with E-state index in [1.165, 1.54) is 13.3 Å². The van der Waals surface area contributed by atoms with E-state index in [4.69, 9.17) is 19.9 Å². The van der Waals surface area contributed by atoms with Gasteiger partial charge in [-0.2, -0.15) is 4.98 Å². The molecule has 9 heteroatoms. The zero-order valence-electron chi connectivity index (χ0n) is 16.1. The van der Waals surface area contributed by atoms with Gasteiger partial charge in [-0.1, -0.05) is 0 Å². The summed E-state index contributed by atoms with van der Waals surface area (Å²) in [5.74, 6) is 0.631. The maximum atomic E-state index is 11.3. The molecule has 1 fully saturated rings. The number of hydrogen-bond acceptors (Lipinski definition) is 8. The van der Waals surface area contributed by atoms with Crippen LogP contribution in [0.1, 0.15) is 15.9 Å². The van der Waals surface area contributed by atoms with Gasteiger partial charge in [0.1, 0.15) is 17.9 Å². The maximum Gasteiger partial charge on any atom is 0.255 e. The molecule has 1 amide bonds. The Labute approximate surface area is 163 Å². The number of ether oxygens (including phenoxy) is 3. The third-order valence-corrected chi connectivity index (χ3v) is 4.41. The van der Waals surface area contributed by atoms with E-state index in [2.05, 4.69) is 20.2 Å². The SMILES string of the molecule is COc1nc(Nc2ccc(OCCN3CCOCC3)c(C)c2)ncc1C(N)=O. The number of nitrogens with one attached hydrogen (secondary N) is 1. The summed E-state index contributed by atoms with van der Waals surface area (Å²) in [4.78, 5) is 21.9. The first-order chi connectivity index (χ1) is 13.6. The van der Waals surface area contributed by atoms with Crippen molar-refractivity contribution in [2.45, 2.75) is 6.92 Å². The van der Waals surface area contributed by atoms with E-state index in [-0.39, 0.29) is 11.4 Å². The second-order valence-electron chi connectivity index (χ2n) is 6.39. The highest BCUT2D eigenvalue weighted by atomic mass is 16.5. The van der Waals surface area contributed by atoms with E-state index < -0.39 is 5.91 Å². The molecule has 1 aliphatic rings. The molecule has 2 aromatic rings. The Hall–Kier alpha value is -2.91. The lowest BCUT2D eigenvalue weighted by Crippen LogP contribution is -2.38. The normalized spacial score (nSPS) is 14.5. The Morgan fingerprint density at radius 2 is 2.14 bits per heavy atom. The number of benzene rings is 1. The van der Waals surface area contributed by atoms with E-state index in [1.54, 1.807) is 0 Å². The van der Waals surface area contributed by atoms with Crippen LogP contribution >= 0.6 is 0 Å². The first-order valence-corrected chi connectivity index (χ1v) is 9.08. The number of anilines is 2. The molecule has 28 heavy (non-hydrogen) atoms. The van der Waals surface area contributed by atoms with Gasteiger partial charge in [0, 0.05) is 31.5 Å². The number of nitrogens with two attached hydrogens (primary N) is 1. The van der Waals surface area contributed by atoms with E-state index in [1.807, 2.05) is 25.1 Å². The molecule has 1 saturated heterocycles. The quantitative estimate of drug-likeness (QED) is 0.698. The fourth-order valence-corrected chi connectivity index (χ4v) is 2.88.